The first-order valence-corrected chi connectivity index (χ1v) is 6.04. The van der Waals surface area contributed by atoms with Crippen LogP contribution in [0.5, 0.6) is 0 Å². The molecule has 0 unspecified atom stereocenters. The molecule has 0 aliphatic carbocycles. The Kier molecular flexibility index (Phi) is 5.27. The lowest BCUT2D eigenvalue weighted by Crippen LogP contribution is -1.96. The highest BCUT2D eigenvalue weighted by atomic mass is 16.3. The molecular weight excluding hydrogens is 196 g/mol. The Morgan fingerprint density at radius 2 is 2.00 bits per heavy atom. The summed E-state index contributed by atoms with van der Waals surface area (Å²) in [6, 6.07) is 8.61. The highest BCUT2D eigenvalue weighted by Gasteiger charge is 1.98. The normalized spacial score (nSPS) is 13.6. The fourth-order valence-corrected chi connectivity index (χ4v) is 1.58. The third-order valence-electron chi connectivity index (χ3n) is 2.64. The molecule has 1 nitrogen and oxygen atoms in total. The molecule has 1 heteroatoms. The lowest BCUT2D eigenvalue weighted by molar-refractivity contribution is 0.186. The predicted molar refractivity (Wildman–Crippen MR) is 70.5 cm³/mol. The summed E-state index contributed by atoms with van der Waals surface area (Å²) in [5.41, 5.74) is 2.62. The number of hydrogen-bond acceptors (Lipinski definition) is 1. The van der Waals surface area contributed by atoms with Gasteiger partial charge in [-0.3, -0.25) is 0 Å². The van der Waals surface area contributed by atoms with E-state index < -0.39 is 0 Å². The predicted octanol–water partition coefficient (Wildman–Crippen LogP) is 3.98. The van der Waals surface area contributed by atoms with Crippen molar-refractivity contribution in [2.45, 2.75) is 45.6 Å². The number of rotatable bonds is 5. The van der Waals surface area contributed by atoms with Crippen LogP contribution in [-0.4, -0.2) is 11.2 Å². The lowest BCUT2D eigenvalue weighted by Gasteiger charge is -2.05. The fraction of sp³-hybridized carbons (Fsp3) is 0.467. The number of allylic oxidation sites excluding steroid dienone is 1. The smallest absolute Gasteiger partial charge is 0.0515 e. The van der Waals surface area contributed by atoms with E-state index in [0.29, 0.717) is 5.92 Å². The van der Waals surface area contributed by atoms with Gasteiger partial charge in [-0.1, -0.05) is 50.3 Å². The second-order valence-electron chi connectivity index (χ2n) is 4.65. The third-order valence-corrected chi connectivity index (χ3v) is 2.64. The van der Waals surface area contributed by atoms with E-state index in [0.717, 1.165) is 12.8 Å². The van der Waals surface area contributed by atoms with Crippen LogP contribution in [0.25, 0.3) is 6.08 Å². The molecule has 1 aromatic rings. The van der Waals surface area contributed by atoms with E-state index in [1.165, 1.54) is 11.1 Å². The van der Waals surface area contributed by atoms with Crippen molar-refractivity contribution in [1.82, 2.24) is 0 Å². The fourth-order valence-electron chi connectivity index (χ4n) is 1.58. The largest absolute Gasteiger partial charge is 0.393 e. The SMILES string of the molecule is CC(C)c1cccc(/C=C/CC[C@@H](C)O)c1. The topological polar surface area (TPSA) is 20.2 Å². The van der Waals surface area contributed by atoms with Gasteiger partial charge in [0.1, 0.15) is 0 Å². The molecule has 0 spiro atoms. The van der Waals surface area contributed by atoms with Crippen molar-refractivity contribution in [2.75, 3.05) is 0 Å². The first-order chi connectivity index (χ1) is 7.59. The molecule has 1 aromatic carbocycles. The number of aliphatic hydroxyl groups excluding tert-OH is 1. The van der Waals surface area contributed by atoms with E-state index in [2.05, 4.69) is 50.3 Å². The molecule has 0 saturated carbocycles. The molecule has 0 amide bonds. The summed E-state index contributed by atoms with van der Waals surface area (Å²) in [5.74, 6) is 0.575. The van der Waals surface area contributed by atoms with Gasteiger partial charge >= 0.3 is 0 Å². The van der Waals surface area contributed by atoms with Gasteiger partial charge in [-0.25, -0.2) is 0 Å². The molecule has 0 fully saturated rings. The summed E-state index contributed by atoms with van der Waals surface area (Å²) in [6.45, 7) is 6.24. The van der Waals surface area contributed by atoms with Crippen LogP contribution in [0.4, 0.5) is 0 Å². The summed E-state index contributed by atoms with van der Waals surface area (Å²) in [5, 5.41) is 9.13. The Morgan fingerprint density at radius 1 is 1.25 bits per heavy atom. The van der Waals surface area contributed by atoms with E-state index in [1.807, 2.05) is 6.92 Å². The average Bonchev–Trinajstić information content (AvgIpc) is 2.24. The van der Waals surface area contributed by atoms with Crippen LogP contribution in [0, 0.1) is 0 Å². The maximum atomic E-state index is 9.13. The van der Waals surface area contributed by atoms with Gasteiger partial charge < -0.3 is 5.11 Å². The van der Waals surface area contributed by atoms with E-state index >= 15 is 0 Å². The minimum absolute atomic E-state index is 0.202. The Bertz CT molecular complexity index is 337. The highest BCUT2D eigenvalue weighted by Crippen LogP contribution is 2.16. The van der Waals surface area contributed by atoms with Gasteiger partial charge in [-0.15, -0.1) is 0 Å². The van der Waals surface area contributed by atoms with Crippen LogP contribution < -0.4 is 0 Å². The van der Waals surface area contributed by atoms with Gasteiger partial charge in [0.25, 0.3) is 0 Å². The van der Waals surface area contributed by atoms with Crippen LogP contribution in [0.15, 0.2) is 30.3 Å². The molecule has 88 valence electrons. The minimum atomic E-state index is -0.202. The maximum Gasteiger partial charge on any atom is 0.0515 e. The highest BCUT2D eigenvalue weighted by molar-refractivity contribution is 5.50. The Balaban J connectivity index is 2.56. The summed E-state index contributed by atoms with van der Waals surface area (Å²) in [7, 11) is 0. The molecule has 0 aliphatic heterocycles. The maximum absolute atomic E-state index is 9.13. The van der Waals surface area contributed by atoms with Gasteiger partial charge in [-0.2, -0.15) is 0 Å². The Morgan fingerprint density at radius 3 is 2.62 bits per heavy atom. The van der Waals surface area contributed by atoms with E-state index in [-0.39, 0.29) is 6.10 Å². The van der Waals surface area contributed by atoms with Gasteiger partial charge in [0.15, 0.2) is 0 Å². The van der Waals surface area contributed by atoms with Crippen molar-refractivity contribution in [3.8, 4) is 0 Å². The summed E-state index contributed by atoms with van der Waals surface area (Å²) in [6.07, 6.45) is 5.83. The van der Waals surface area contributed by atoms with Crippen LogP contribution >= 0.6 is 0 Å². The average molecular weight is 218 g/mol. The Labute approximate surface area is 98.8 Å². The van der Waals surface area contributed by atoms with Crippen molar-refractivity contribution in [2.24, 2.45) is 0 Å². The first-order valence-electron chi connectivity index (χ1n) is 6.04. The zero-order valence-corrected chi connectivity index (χ0v) is 10.5. The van der Waals surface area contributed by atoms with Crippen molar-refractivity contribution in [1.29, 1.82) is 0 Å². The molecular formula is C15H22O. The minimum Gasteiger partial charge on any atom is -0.393 e. The molecule has 0 saturated heterocycles. The van der Waals surface area contributed by atoms with Crippen molar-refractivity contribution in [3.63, 3.8) is 0 Å². The Hall–Kier alpha value is -1.08. The molecule has 0 radical (unpaired) electrons. The van der Waals surface area contributed by atoms with E-state index in [4.69, 9.17) is 5.11 Å². The summed E-state index contributed by atoms with van der Waals surface area (Å²) >= 11 is 0. The van der Waals surface area contributed by atoms with E-state index in [1.54, 1.807) is 0 Å². The zero-order chi connectivity index (χ0) is 12.0. The lowest BCUT2D eigenvalue weighted by atomic mass is 10.0. The van der Waals surface area contributed by atoms with Crippen LogP contribution in [0.3, 0.4) is 0 Å². The summed E-state index contributed by atoms with van der Waals surface area (Å²) in [4.78, 5) is 0. The van der Waals surface area contributed by atoms with Gasteiger partial charge in [-0.05, 0) is 36.8 Å². The van der Waals surface area contributed by atoms with Crippen LogP contribution in [-0.2, 0) is 0 Å². The number of benzene rings is 1. The van der Waals surface area contributed by atoms with Gasteiger partial charge in [0, 0.05) is 0 Å². The van der Waals surface area contributed by atoms with Crippen LogP contribution in [0.1, 0.15) is 50.7 Å². The van der Waals surface area contributed by atoms with Gasteiger partial charge in [0.05, 0.1) is 6.10 Å². The van der Waals surface area contributed by atoms with Crippen LogP contribution in [0.2, 0.25) is 0 Å². The first kappa shape index (κ1) is 13.0. The quantitative estimate of drug-likeness (QED) is 0.792. The molecule has 1 atom stereocenters. The van der Waals surface area contributed by atoms with Crippen molar-refractivity contribution < 1.29 is 5.11 Å². The number of aliphatic hydroxyl groups is 1. The second kappa shape index (κ2) is 6.49. The zero-order valence-electron chi connectivity index (χ0n) is 10.5. The van der Waals surface area contributed by atoms with Crippen molar-refractivity contribution >= 4 is 6.08 Å². The summed E-state index contributed by atoms with van der Waals surface area (Å²) < 4.78 is 0. The molecule has 0 heterocycles. The standard InChI is InChI=1S/C15H22O/c1-12(2)15-10-6-9-14(11-15)8-5-4-7-13(3)16/h5-6,8-13,16H,4,7H2,1-3H3/b8-5+/t13-/m1/s1. The monoisotopic (exact) mass is 218 g/mol. The van der Waals surface area contributed by atoms with Gasteiger partial charge in [0.2, 0.25) is 0 Å². The molecule has 1 rings (SSSR count). The molecule has 0 bridgehead atoms. The number of hydrogen-bond donors (Lipinski definition) is 1. The second-order valence-corrected chi connectivity index (χ2v) is 4.65. The van der Waals surface area contributed by atoms with E-state index in [9.17, 15) is 0 Å². The molecule has 0 aliphatic rings. The van der Waals surface area contributed by atoms with Crippen molar-refractivity contribution in [3.05, 3.63) is 41.5 Å². The molecule has 1 N–H and O–H groups in total. The third kappa shape index (κ3) is 4.63. The molecule has 16 heavy (non-hydrogen) atoms. The molecule has 0 aromatic heterocycles.